The Morgan fingerprint density at radius 3 is 2.62 bits per heavy atom. The molecule has 2 aliphatic rings. The lowest BCUT2D eigenvalue weighted by molar-refractivity contribution is 0.313. The molecule has 1 unspecified atom stereocenters. The Morgan fingerprint density at radius 1 is 0.973 bits per heavy atom. The minimum absolute atomic E-state index is 0.286. The number of fused-ring (bicyclic) bond motifs is 1. The van der Waals surface area contributed by atoms with Gasteiger partial charge < -0.3 is 14.7 Å². The molecule has 7 nitrogen and oxygen atoms in total. The fraction of sp³-hybridized carbons (Fsp3) is 0.321. The Bertz CT molecular complexity index is 1500. The molecule has 4 heterocycles. The molecule has 6 rings (SSSR count). The van der Waals surface area contributed by atoms with Crippen LogP contribution < -0.4 is 9.80 Å². The van der Waals surface area contributed by atoms with Crippen LogP contribution in [0.2, 0.25) is 0 Å². The minimum atomic E-state index is -0.444. The van der Waals surface area contributed by atoms with Crippen molar-refractivity contribution in [2.45, 2.75) is 18.9 Å². The monoisotopic (exact) mass is 499 g/mol. The molecule has 188 valence electrons. The molecule has 9 heteroatoms. The smallest absolute Gasteiger partial charge is 0.154 e. The summed E-state index contributed by atoms with van der Waals surface area (Å²) >= 11 is 0. The van der Waals surface area contributed by atoms with Gasteiger partial charge in [0.05, 0.1) is 29.2 Å². The maximum Gasteiger partial charge on any atom is 0.154 e. The quantitative estimate of drug-likeness (QED) is 0.408. The first-order chi connectivity index (χ1) is 18.0. The van der Waals surface area contributed by atoms with Crippen molar-refractivity contribution in [3.8, 4) is 17.3 Å². The van der Waals surface area contributed by atoms with Crippen LogP contribution in [0.4, 0.5) is 20.3 Å². The summed E-state index contributed by atoms with van der Waals surface area (Å²) in [6.07, 6.45) is 3.37. The van der Waals surface area contributed by atoms with Crippen molar-refractivity contribution in [3.05, 3.63) is 77.5 Å². The van der Waals surface area contributed by atoms with Gasteiger partial charge in [-0.1, -0.05) is 6.07 Å². The first kappa shape index (κ1) is 23.4. The first-order valence-corrected chi connectivity index (χ1v) is 12.6. The van der Waals surface area contributed by atoms with E-state index in [1.165, 1.54) is 12.1 Å². The Kier molecular flexibility index (Phi) is 5.97. The van der Waals surface area contributed by atoms with Crippen LogP contribution in [-0.4, -0.2) is 59.3 Å². The lowest BCUT2D eigenvalue weighted by Crippen LogP contribution is -2.44. The van der Waals surface area contributed by atoms with Crippen LogP contribution in [0.15, 0.2) is 54.7 Å². The van der Waals surface area contributed by atoms with Crippen molar-refractivity contribution in [3.63, 3.8) is 0 Å². The molecule has 0 saturated carbocycles. The van der Waals surface area contributed by atoms with E-state index in [-0.39, 0.29) is 6.04 Å². The first-order valence-electron chi connectivity index (χ1n) is 12.6. The van der Waals surface area contributed by atoms with Crippen LogP contribution >= 0.6 is 0 Å². The average Bonchev–Trinajstić information content (AvgIpc) is 3.57. The van der Waals surface area contributed by atoms with E-state index in [1.54, 1.807) is 10.7 Å². The van der Waals surface area contributed by atoms with Crippen molar-refractivity contribution in [1.82, 2.24) is 19.5 Å². The Hall–Kier alpha value is -4.03. The predicted octanol–water partition coefficient (Wildman–Crippen LogP) is 4.64. The van der Waals surface area contributed by atoms with Crippen LogP contribution in [0.25, 0.3) is 16.9 Å². The van der Waals surface area contributed by atoms with E-state index in [4.69, 9.17) is 5.10 Å². The normalized spacial score (nSPS) is 18.5. The Morgan fingerprint density at radius 2 is 1.81 bits per heavy atom. The number of piperazine rings is 1. The molecule has 2 aromatic carbocycles. The number of hydrogen-bond donors (Lipinski definition) is 0. The number of hydrogen-bond acceptors (Lipinski definition) is 6. The number of nitrogens with zero attached hydrogens (tertiary/aromatic N) is 7. The van der Waals surface area contributed by atoms with Gasteiger partial charge in [-0.3, -0.25) is 0 Å². The van der Waals surface area contributed by atoms with E-state index in [1.807, 2.05) is 35.2 Å². The Labute approximate surface area is 214 Å². The van der Waals surface area contributed by atoms with Crippen molar-refractivity contribution in [2.75, 3.05) is 49.6 Å². The van der Waals surface area contributed by atoms with Crippen LogP contribution in [0.5, 0.6) is 0 Å². The van der Waals surface area contributed by atoms with Gasteiger partial charge >= 0.3 is 0 Å². The van der Waals surface area contributed by atoms with E-state index in [0.29, 0.717) is 29.1 Å². The van der Waals surface area contributed by atoms with E-state index in [9.17, 15) is 14.0 Å². The molecular weight excluding hydrogens is 472 g/mol. The zero-order valence-electron chi connectivity index (χ0n) is 20.6. The molecular formula is C28H27F2N7. The lowest BCUT2D eigenvalue weighted by atomic mass is 10.0. The third-order valence-electron chi connectivity index (χ3n) is 7.47. The summed E-state index contributed by atoms with van der Waals surface area (Å²) in [5.74, 6) is -0.164. The molecule has 0 N–H and O–H groups in total. The van der Waals surface area contributed by atoms with E-state index in [0.717, 1.165) is 62.0 Å². The van der Waals surface area contributed by atoms with Crippen LogP contribution in [0.3, 0.4) is 0 Å². The number of nitriles is 1. The van der Waals surface area contributed by atoms with Crippen LogP contribution in [0, 0.1) is 23.0 Å². The topological polar surface area (TPSA) is 63.7 Å². The van der Waals surface area contributed by atoms with Gasteiger partial charge in [0.2, 0.25) is 0 Å². The van der Waals surface area contributed by atoms with Crippen molar-refractivity contribution in [1.29, 1.82) is 5.26 Å². The molecule has 2 aliphatic heterocycles. The summed E-state index contributed by atoms with van der Waals surface area (Å²) in [5, 5.41) is 14.6. The second kappa shape index (κ2) is 9.45. The zero-order chi connectivity index (χ0) is 25.5. The highest BCUT2D eigenvalue weighted by atomic mass is 19.1. The van der Waals surface area contributed by atoms with Crippen molar-refractivity contribution in [2.24, 2.45) is 0 Å². The van der Waals surface area contributed by atoms with E-state index in [2.05, 4.69) is 27.9 Å². The maximum absolute atomic E-state index is 14.6. The summed E-state index contributed by atoms with van der Waals surface area (Å²) in [6.45, 7) is 4.30. The van der Waals surface area contributed by atoms with Gasteiger partial charge in [-0.25, -0.2) is 18.3 Å². The third-order valence-corrected chi connectivity index (χ3v) is 7.47. The summed E-state index contributed by atoms with van der Waals surface area (Å²) < 4.78 is 30.3. The average molecular weight is 500 g/mol. The number of benzene rings is 2. The summed E-state index contributed by atoms with van der Waals surface area (Å²) in [7, 11) is 2.11. The van der Waals surface area contributed by atoms with Crippen LogP contribution in [0.1, 0.15) is 30.0 Å². The van der Waals surface area contributed by atoms with E-state index >= 15 is 0 Å². The van der Waals surface area contributed by atoms with Crippen molar-refractivity contribution >= 4 is 17.2 Å². The fourth-order valence-electron chi connectivity index (χ4n) is 5.44. The molecule has 2 fully saturated rings. The highest BCUT2D eigenvalue weighted by molar-refractivity contribution is 5.72. The Balaban J connectivity index is 1.38. The third kappa shape index (κ3) is 4.27. The van der Waals surface area contributed by atoms with Gasteiger partial charge in [0.25, 0.3) is 0 Å². The van der Waals surface area contributed by atoms with Gasteiger partial charge in [-0.2, -0.15) is 5.26 Å². The molecule has 0 aliphatic carbocycles. The highest BCUT2D eigenvalue weighted by Crippen LogP contribution is 2.37. The van der Waals surface area contributed by atoms with Gasteiger partial charge in [-0.05, 0) is 62.4 Å². The van der Waals surface area contributed by atoms with Gasteiger partial charge in [0.1, 0.15) is 23.5 Å². The standard InChI is InChI=1S/C28H27F2N7/c1-34-11-13-35(14-12-34)25-15-19(4-5-20(25)17-31)26-18-32-27-8-9-28(33-37(26)27)36-10-2-3-24(36)22-16-21(29)6-7-23(22)30/h4-9,15-16,18,24H,2-3,10-14H2,1H3. The summed E-state index contributed by atoms with van der Waals surface area (Å²) in [4.78, 5) is 11.1. The molecule has 0 radical (unpaired) electrons. The number of aromatic nitrogens is 3. The lowest BCUT2D eigenvalue weighted by Gasteiger charge is -2.34. The van der Waals surface area contributed by atoms with Gasteiger partial charge in [0.15, 0.2) is 5.65 Å². The molecule has 0 amide bonds. The summed E-state index contributed by atoms with van der Waals surface area (Å²) in [6, 6.07) is 15.3. The van der Waals surface area contributed by atoms with Gasteiger partial charge in [0, 0.05) is 43.9 Å². The number of likely N-dealkylation sites (N-methyl/N-ethyl adjacent to an activating group) is 1. The largest absolute Gasteiger partial charge is 0.368 e. The number of rotatable bonds is 4. The molecule has 0 bridgehead atoms. The molecule has 1 atom stereocenters. The molecule has 37 heavy (non-hydrogen) atoms. The second-order valence-electron chi connectivity index (χ2n) is 9.76. The highest BCUT2D eigenvalue weighted by Gasteiger charge is 2.30. The summed E-state index contributed by atoms with van der Waals surface area (Å²) in [5.41, 5.74) is 4.34. The predicted molar refractivity (Wildman–Crippen MR) is 139 cm³/mol. The maximum atomic E-state index is 14.6. The zero-order valence-corrected chi connectivity index (χ0v) is 20.6. The number of imidazole rings is 1. The van der Waals surface area contributed by atoms with Crippen molar-refractivity contribution < 1.29 is 8.78 Å². The number of halogens is 2. The SMILES string of the molecule is CN1CCN(c2cc(-c3cnc4ccc(N5CCCC5c5cc(F)ccc5F)nn34)ccc2C#N)CC1. The molecule has 4 aromatic rings. The van der Waals surface area contributed by atoms with E-state index < -0.39 is 11.6 Å². The number of anilines is 2. The second-order valence-corrected chi connectivity index (χ2v) is 9.76. The van der Waals surface area contributed by atoms with Crippen LogP contribution in [-0.2, 0) is 0 Å². The minimum Gasteiger partial charge on any atom is -0.368 e. The molecule has 0 spiro atoms. The molecule has 2 saturated heterocycles. The molecule has 2 aromatic heterocycles. The fourth-order valence-corrected chi connectivity index (χ4v) is 5.44. The van der Waals surface area contributed by atoms with Gasteiger partial charge in [-0.15, -0.1) is 5.10 Å².